The van der Waals surface area contributed by atoms with Crippen molar-refractivity contribution in [2.45, 2.75) is 24.8 Å². The third kappa shape index (κ3) is 4.24. The molecule has 1 unspecified atom stereocenters. The number of carbonyl (C=O) groups excluding carboxylic acids is 1. The van der Waals surface area contributed by atoms with Crippen LogP contribution in [0.4, 0.5) is 0 Å². The van der Waals surface area contributed by atoms with E-state index >= 15 is 0 Å². The molecule has 1 aromatic carbocycles. The van der Waals surface area contributed by atoms with E-state index in [9.17, 15) is 4.79 Å². The highest BCUT2D eigenvalue weighted by Gasteiger charge is 2.02. The Balaban J connectivity index is 2.46. The quantitative estimate of drug-likeness (QED) is 0.771. The van der Waals surface area contributed by atoms with Crippen molar-refractivity contribution in [3.63, 3.8) is 0 Å². The molecule has 1 amide bonds. The van der Waals surface area contributed by atoms with Crippen LogP contribution in [-0.2, 0) is 4.79 Å². The minimum absolute atomic E-state index is 0.0578. The van der Waals surface area contributed by atoms with Gasteiger partial charge in [-0.2, -0.15) is 0 Å². The van der Waals surface area contributed by atoms with Gasteiger partial charge in [0.15, 0.2) is 0 Å². The summed E-state index contributed by atoms with van der Waals surface area (Å²) in [6.07, 6.45) is 0. The van der Waals surface area contributed by atoms with E-state index < -0.39 is 0 Å². The molecular weight excluding hydrogens is 220 g/mol. The molecular formula is C12H18N2OS. The molecule has 0 aromatic heterocycles. The van der Waals surface area contributed by atoms with E-state index in [4.69, 9.17) is 5.73 Å². The maximum Gasteiger partial charge on any atom is 0.230 e. The van der Waals surface area contributed by atoms with Crippen molar-refractivity contribution >= 4 is 17.7 Å². The average Bonchev–Trinajstić information content (AvgIpc) is 2.27. The van der Waals surface area contributed by atoms with Gasteiger partial charge in [-0.15, -0.1) is 11.8 Å². The normalized spacial score (nSPS) is 12.2. The fraction of sp³-hybridized carbons (Fsp3) is 0.417. The molecule has 0 saturated carbocycles. The summed E-state index contributed by atoms with van der Waals surface area (Å²) >= 11 is 1.54. The molecule has 88 valence electrons. The van der Waals surface area contributed by atoms with Crippen LogP contribution < -0.4 is 11.1 Å². The highest BCUT2D eigenvalue weighted by atomic mass is 32.2. The van der Waals surface area contributed by atoms with Crippen molar-refractivity contribution in [3.8, 4) is 0 Å². The Labute approximate surface area is 101 Å². The van der Waals surface area contributed by atoms with Crippen molar-refractivity contribution in [3.05, 3.63) is 29.8 Å². The number of thioether (sulfide) groups is 1. The van der Waals surface area contributed by atoms with Crippen molar-refractivity contribution < 1.29 is 4.79 Å². The number of hydrogen-bond donors (Lipinski definition) is 2. The van der Waals surface area contributed by atoms with Crippen LogP contribution in [0.5, 0.6) is 0 Å². The molecule has 0 aliphatic carbocycles. The Hall–Kier alpha value is -1.00. The van der Waals surface area contributed by atoms with Gasteiger partial charge in [0.05, 0.1) is 5.75 Å². The Morgan fingerprint density at radius 3 is 2.56 bits per heavy atom. The lowest BCUT2D eigenvalue weighted by molar-refractivity contribution is -0.118. The van der Waals surface area contributed by atoms with E-state index in [2.05, 4.69) is 5.32 Å². The van der Waals surface area contributed by atoms with Gasteiger partial charge in [0.1, 0.15) is 0 Å². The second kappa shape index (κ2) is 6.55. The molecule has 1 aromatic rings. The van der Waals surface area contributed by atoms with Crippen LogP contribution in [0.1, 0.15) is 25.5 Å². The monoisotopic (exact) mass is 238 g/mol. The Morgan fingerprint density at radius 2 is 2.06 bits per heavy atom. The molecule has 3 N–H and O–H groups in total. The minimum atomic E-state index is 0.0578. The van der Waals surface area contributed by atoms with Gasteiger partial charge in [0, 0.05) is 17.5 Å². The van der Waals surface area contributed by atoms with Crippen LogP contribution in [-0.4, -0.2) is 18.2 Å². The van der Waals surface area contributed by atoms with Gasteiger partial charge in [-0.3, -0.25) is 4.79 Å². The van der Waals surface area contributed by atoms with Gasteiger partial charge in [0.2, 0.25) is 5.91 Å². The molecule has 0 aliphatic heterocycles. The predicted molar refractivity (Wildman–Crippen MR) is 68.5 cm³/mol. The Kier molecular flexibility index (Phi) is 5.35. The maximum absolute atomic E-state index is 11.2. The lowest BCUT2D eigenvalue weighted by Crippen LogP contribution is -2.24. The van der Waals surface area contributed by atoms with Crippen LogP contribution >= 0.6 is 11.8 Å². The van der Waals surface area contributed by atoms with Gasteiger partial charge in [0.25, 0.3) is 0 Å². The minimum Gasteiger partial charge on any atom is -0.356 e. The topological polar surface area (TPSA) is 55.1 Å². The molecule has 1 rings (SSSR count). The summed E-state index contributed by atoms with van der Waals surface area (Å²) < 4.78 is 0. The number of hydrogen-bond acceptors (Lipinski definition) is 3. The third-order valence-electron chi connectivity index (χ3n) is 2.15. The highest BCUT2D eigenvalue weighted by Crippen LogP contribution is 2.19. The van der Waals surface area contributed by atoms with E-state index in [1.807, 2.05) is 38.1 Å². The van der Waals surface area contributed by atoms with Gasteiger partial charge in [-0.25, -0.2) is 0 Å². The molecule has 3 nitrogen and oxygen atoms in total. The van der Waals surface area contributed by atoms with Crippen LogP contribution in [0.2, 0.25) is 0 Å². The van der Waals surface area contributed by atoms with Crippen LogP contribution in [0.25, 0.3) is 0 Å². The number of carbonyl (C=O) groups is 1. The smallest absolute Gasteiger partial charge is 0.230 e. The second-order valence-corrected chi connectivity index (χ2v) is 4.65. The van der Waals surface area contributed by atoms with Crippen LogP contribution in [0.3, 0.4) is 0 Å². The molecule has 16 heavy (non-hydrogen) atoms. The van der Waals surface area contributed by atoms with Gasteiger partial charge >= 0.3 is 0 Å². The summed E-state index contributed by atoms with van der Waals surface area (Å²) in [5.41, 5.74) is 6.87. The summed E-state index contributed by atoms with van der Waals surface area (Å²) in [6, 6.07) is 8.07. The first kappa shape index (κ1) is 13.1. The van der Waals surface area contributed by atoms with Crippen LogP contribution in [0, 0.1) is 0 Å². The molecule has 0 spiro atoms. The molecule has 0 aliphatic rings. The lowest BCUT2D eigenvalue weighted by Gasteiger charge is -2.06. The van der Waals surface area contributed by atoms with E-state index in [1.54, 1.807) is 0 Å². The third-order valence-corrected chi connectivity index (χ3v) is 3.16. The van der Waals surface area contributed by atoms with Crippen molar-refractivity contribution in [1.29, 1.82) is 0 Å². The van der Waals surface area contributed by atoms with E-state index in [0.29, 0.717) is 12.3 Å². The first-order valence-electron chi connectivity index (χ1n) is 5.38. The van der Waals surface area contributed by atoms with Gasteiger partial charge in [-0.05, 0) is 31.5 Å². The summed E-state index contributed by atoms with van der Waals surface area (Å²) in [7, 11) is 0. The summed E-state index contributed by atoms with van der Waals surface area (Å²) in [4.78, 5) is 12.3. The van der Waals surface area contributed by atoms with Crippen molar-refractivity contribution in [2.24, 2.45) is 5.73 Å². The molecule has 0 heterocycles. The van der Waals surface area contributed by atoms with Crippen molar-refractivity contribution in [2.75, 3.05) is 12.3 Å². The second-order valence-electron chi connectivity index (χ2n) is 3.60. The standard InChI is InChI=1S/C12H18N2OS/c1-3-14-12(15)8-16-11-6-4-10(5-7-11)9(2)13/h4-7,9H,3,8,13H2,1-2H3,(H,14,15). The first-order valence-corrected chi connectivity index (χ1v) is 6.37. The number of benzene rings is 1. The summed E-state index contributed by atoms with van der Waals surface area (Å²) in [6.45, 7) is 4.56. The largest absolute Gasteiger partial charge is 0.356 e. The number of nitrogens with two attached hydrogens (primary N) is 1. The molecule has 0 saturated heterocycles. The molecule has 4 heteroatoms. The number of rotatable bonds is 5. The van der Waals surface area contributed by atoms with E-state index in [-0.39, 0.29) is 11.9 Å². The highest BCUT2D eigenvalue weighted by molar-refractivity contribution is 8.00. The zero-order valence-electron chi connectivity index (χ0n) is 9.69. The van der Waals surface area contributed by atoms with E-state index in [1.165, 1.54) is 11.8 Å². The maximum atomic E-state index is 11.2. The lowest BCUT2D eigenvalue weighted by atomic mass is 10.1. The SMILES string of the molecule is CCNC(=O)CSc1ccc(C(C)N)cc1. The molecule has 0 fully saturated rings. The van der Waals surface area contributed by atoms with Crippen LogP contribution in [0.15, 0.2) is 29.2 Å². The fourth-order valence-corrected chi connectivity index (χ4v) is 1.99. The number of amides is 1. The Bertz CT molecular complexity index is 335. The fourth-order valence-electron chi connectivity index (χ4n) is 1.26. The number of nitrogens with one attached hydrogen (secondary N) is 1. The zero-order valence-corrected chi connectivity index (χ0v) is 10.5. The summed E-state index contributed by atoms with van der Waals surface area (Å²) in [5, 5.41) is 2.77. The van der Waals surface area contributed by atoms with Crippen molar-refractivity contribution in [1.82, 2.24) is 5.32 Å². The Morgan fingerprint density at radius 1 is 1.44 bits per heavy atom. The zero-order chi connectivity index (χ0) is 12.0. The molecule has 1 atom stereocenters. The first-order chi connectivity index (χ1) is 7.63. The van der Waals surface area contributed by atoms with Gasteiger partial charge < -0.3 is 11.1 Å². The van der Waals surface area contributed by atoms with Gasteiger partial charge in [-0.1, -0.05) is 12.1 Å². The van der Waals surface area contributed by atoms with E-state index in [0.717, 1.165) is 10.5 Å². The average molecular weight is 238 g/mol. The molecule has 0 radical (unpaired) electrons. The predicted octanol–water partition coefficient (Wildman–Crippen LogP) is 1.93. The summed E-state index contributed by atoms with van der Waals surface area (Å²) in [5.74, 6) is 0.537. The molecule has 0 bridgehead atoms.